The Kier molecular flexibility index (Phi) is 4.78. The summed E-state index contributed by atoms with van der Waals surface area (Å²) in [5, 5.41) is 13.1. The van der Waals surface area contributed by atoms with E-state index in [9.17, 15) is 0 Å². The van der Waals surface area contributed by atoms with E-state index in [-0.39, 0.29) is 18.1 Å². The third-order valence-electron chi connectivity index (χ3n) is 3.84. The van der Waals surface area contributed by atoms with Gasteiger partial charge in [0.25, 0.3) is 0 Å². The minimum Gasteiger partial charge on any atom is -0.395 e. The maximum Gasteiger partial charge on any atom is 0.243 e. The van der Waals surface area contributed by atoms with E-state index in [0.717, 1.165) is 38.5 Å². The predicted octanol–water partition coefficient (Wildman–Crippen LogP) is 1.04. The van der Waals surface area contributed by atoms with Crippen molar-refractivity contribution in [2.75, 3.05) is 39.3 Å². The molecule has 20 heavy (non-hydrogen) atoms. The Balaban J connectivity index is 1.95. The van der Waals surface area contributed by atoms with E-state index < -0.39 is 0 Å². The van der Waals surface area contributed by atoms with Crippen molar-refractivity contribution in [3.05, 3.63) is 11.7 Å². The van der Waals surface area contributed by atoms with Gasteiger partial charge >= 0.3 is 0 Å². The molecule has 6 nitrogen and oxygen atoms in total. The number of rotatable bonds is 4. The van der Waals surface area contributed by atoms with E-state index in [0.29, 0.717) is 5.89 Å². The van der Waals surface area contributed by atoms with Crippen molar-refractivity contribution in [2.24, 2.45) is 0 Å². The van der Waals surface area contributed by atoms with E-state index in [1.54, 1.807) is 0 Å². The van der Waals surface area contributed by atoms with Crippen LogP contribution in [-0.2, 0) is 5.41 Å². The number of hydrogen-bond acceptors (Lipinski definition) is 6. The van der Waals surface area contributed by atoms with Gasteiger partial charge in [0, 0.05) is 38.1 Å². The van der Waals surface area contributed by atoms with Gasteiger partial charge in [0.05, 0.1) is 12.6 Å². The lowest BCUT2D eigenvalue weighted by molar-refractivity contribution is 0.0776. The topological polar surface area (TPSA) is 65.6 Å². The van der Waals surface area contributed by atoms with Crippen molar-refractivity contribution < 1.29 is 9.63 Å². The van der Waals surface area contributed by atoms with Crippen molar-refractivity contribution in [1.29, 1.82) is 0 Å². The van der Waals surface area contributed by atoms with Gasteiger partial charge in [0.1, 0.15) is 0 Å². The Morgan fingerprint density at radius 1 is 1.25 bits per heavy atom. The molecule has 6 heteroatoms. The lowest BCUT2D eigenvalue weighted by Crippen LogP contribution is -2.47. The number of nitrogens with zero attached hydrogens (tertiary/aromatic N) is 4. The number of hydrogen-bond donors (Lipinski definition) is 1. The number of β-amino-alcohol motifs (C(OH)–C–C–N with tert-alkyl or cyclic N) is 1. The number of aliphatic hydroxyl groups excluding tert-OH is 1. The summed E-state index contributed by atoms with van der Waals surface area (Å²) in [6.07, 6.45) is 0. The van der Waals surface area contributed by atoms with Gasteiger partial charge < -0.3 is 9.63 Å². The minimum absolute atomic E-state index is 0.0821. The third-order valence-corrected chi connectivity index (χ3v) is 3.84. The normalized spacial score (nSPS) is 20.2. The zero-order valence-electron chi connectivity index (χ0n) is 13.0. The van der Waals surface area contributed by atoms with Crippen LogP contribution in [0.1, 0.15) is 45.5 Å². The average Bonchev–Trinajstić information content (AvgIpc) is 2.89. The van der Waals surface area contributed by atoms with Crippen LogP contribution in [-0.4, -0.2) is 64.4 Å². The molecule has 1 fully saturated rings. The van der Waals surface area contributed by atoms with Crippen LogP contribution >= 0.6 is 0 Å². The fourth-order valence-electron chi connectivity index (χ4n) is 2.38. The summed E-state index contributed by atoms with van der Waals surface area (Å²) in [4.78, 5) is 9.17. The molecule has 1 atom stereocenters. The van der Waals surface area contributed by atoms with Gasteiger partial charge in [-0.15, -0.1) is 0 Å². The van der Waals surface area contributed by atoms with Crippen molar-refractivity contribution in [3.8, 4) is 0 Å². The molecule has 1 aromatic rings. The highest BCUT2D eigenvalue weighted by atomic mass is 16.5. The number of aromatic nitrogens is 2. The Hall–Kier alpha value is -0.980. The van der Waals surface area contributed by atoms with Crippen LogP contribution in [0.3, 0.4) is 0 Å². The van der Waals surface area contributed by atoms with Crippen molar-refractivity contribution in [1.82, 2.24) is 19.9 Å². The fourth-order valence-corrected chi connectivity index (χ4v) is 2.38. The largest absolute Gasteiger partial charge is 0.395 e. The van der Waals surface area contributed by atoms with E-state index in [4.69, 9.17) is 9.63 Å². The van der Waals surface area contributed by atoms with Gasteiger partial charge in [-0.25, -0.2) is 0 Å². The summed E-state index contributed by atoms with van der Waals surface area (Å²) in [7, 11) is 0. The van der Waals surface area contributed by atoms with Crippen molar-refractivity contribution >= 4 is 0 Å². The first-order valence-electron chi connectivity index (χ1n) is 7.33. The molecule has 2 rings (SSSR count). The van der Waals surface area contributed by atoms with Crippen LogP contribution in [0, 0.1) is 0 Å². The third kappa shape index (κ3) is 3.56. The first-order chi connectivity index (χ1) is 9.41. The Labute approximate surface area is 120 Å². The predicted molar refractivity (Wildman–Crippen MR) is 76.5 cm³/mol. The molecule has 0 spiro atoms. The van der Waals surface area contributed by atoms with Crippen LogP contribution in [0.15, 0.2) is 4.52 Å². The highest BCUT2D eigenvalue weighted by Gasteiger charge is 2.28. The minimum atomic E-state index is -0.0821. The first-order valence-corrected chi connectivity index (χ1v) is 7.33. The van der Waals surface area contributed by atoms with Gasteiger partial charge in [0.15, 0.2) is 5.82 Å². The molecule has 0 aromatic carbocycles. The highest BCUT2D eigenvalue weighted by Crippen LogP contribution is 2.24. The molecule has 1 aromatic heterocycles. The number of piperazine rings is 1. The molecular formula is C14H26N4O2. The van der Waals surface area contributed by atoms with E-state index in [2.05, 4.69) is 47.6 Å². The molecule has 114 valence electrons. The molecule has 0 saturated carbocycles. The molecule has 1 N–H and O–H groups in total. The Bertz CT molecular complexity index is 419. The maximum absolute atomic E-state index is 8.96. The quantitative estimate of drug-likeness (QED) is 0.890. The number of aliphatic hydroxyl groups is 1. The maximum atomic E-state index is 8.96. The van der Waals surface area contributed by atoms with Crippen LogP contribution in [0.25, 0.3) is 0 Å². The molecule has 0 aliphatic carbocycles. The van der Waals surface area contributed by atoms with Gasteiger partial charge in [-0.3, -0.25) is 9.80 Å². The van der Waals surface area contributed by atoms with Crippen LogP contribution in [0.5, 0.6) is 0 Å². The summed E-state index contributed by atoms with van der Waals surface area (Å²) in [5.74, 6) is 1.46. The zero-order chi connectivity index (χ0) is 14.8. The molecular weight excluding hydrogens is 256 g/mol. The zero-order valence-corrected chi connectivity index (χ0v) is 13.0. The first kappa shape index (κ1) is 15.4. The van der Waals surface area contributed by atoms with Crippen LogP contribution in [0.4, 0.5) is 0 Å². The fraction of sp³-hybridized carbons (Fsp3) is 0.857. The van der Waals surface area contributed by atoms with Crippen molar-refractivity contribution in [3.63, 3.8) is 0 Å². The molecule has 0 radical (unpaired) electrons. The van der Waals surface area contributed by atoms with E-state index >= 15 is 0 Å². The van der Waals surface area contributed by atoms with E-state index in [1.165, 1.54) is 0 Å². The highest BCUT2D eigenvalue weighted by molar-refractivity contribution is 5.02. The molecule has 2 heterocycles. The SMILES string of the molecule is C[C@@H](c1nc(C(C)(C)C)no1)N1CCN(CCO)CC1. The van der Waals surface area contributed by atoms with Gasteiger partial charge in [-0.1, -0.05) is 25.9 Å². The van der Waals surface area contributed by atoms with Gasteiger partial charge in [0.2, 0.25) is 5.89 Å². The summed E-state index contributed by atoms with van der Waals surface area (Å²) in [6, 6.07) is 0.148. The second kappa shape index (κ2) is 6.20. The van der Waals surface area contributed by atoms with E-state index in [1.807, 2.05) is 0 Å². The van der Waals surface area contributed by atoms with Crippen LogP contribution in [0.2, 0.25) is 0 Å². The lowest BCUT2D eigenvalue weighted by Gasteiger charge is -2.36. The van der Waals surface area contributed by atoms with Crippen molar-refractivity contribution in [2.45, 2.75) is 39.2 Å². The molecule has 0 amide bonds. The molecule has 0 bridgehead atoms. The second-order valence-corrected chi connectivity index (χ2v) is 6.48. The van der Waals surface area contributed by atoms with Crippen LogP contribution < -0.4 is 0 Å². The lowest BCUT2D eigenvalue weighted by atomic mass is 9.96. The monoisotopic (exact) mass is 282 g/mol. The standard InChI is InChI=1S/C14H26N4O2/c1-11(12-15-13(16-20-12)14(2,3)4)18-7-5-17(6-8-18)9-10-19/h11,19H,5-10H2,1-4H3/t11-/m0/s1. The molecule has 1 aliphatic heterocycles. The van der Waals surface area contributed by atoms with Gasteiger partial charge in [-0.05, 0) is 6.92 Å². The van der Waals surface area contributed by atoms with Gasteiger partial charge in [-0.2, -0.15) is 4.98 Å². The smallest absolute Gasteiger partial charge is 0.243 e. The molecule has 1 saturated heterocycles. The Morgan fingerprint density at radius 3 is 2.40 bits per heavy atom. The molecule has 1 aliphatic rings. The Morgan fingerprint density at radius 2 is 1.90 bits per heavy atom. The summed E-state index contributed by atoms with van der Waals surface area (Å²) >= 11 is 0. The second-order valence-electron chi connectivity index (χ2n) is 6.48. The summed E-state index contributed by atoms with van der Waals surface area (Å²) in [6.45, 7) is 13.2. The summed E-state index contributed by atoms with van der Waals surface area (Å²) < 4.78 is 5.42. The molecule has 0 unspecified atom stereocenters. The average molecular weight is 282 g/mol. The summed E-state index contributed by atoms with van der Waals surface area (Å²) in [5.41, 5.74) is -0.0821.